The van der Waals surface area contributed by atoms with Crippen LogP contribution >= 0.6 is 0 Å². The quantitative estimate of drug-likeness (QED) is 0.728. The molecule has 0 fully saturated rings. The minimum absolute atomic E-state index is 0.457. The van der Waals surface area contributed by atoms with Gasteiger partial charge < -0.3 is 10.5 Å². The third-order valence-electron chi connectivity index (χ3n) is 2.96. The lowest BCUT2D eigenvalue weighted by atomic mass is 10.2. The van der Waals surface area contributed by atoms with E-state index in [-0.39, 0.29) is 0 Å². The van der Waals surface area contributed by atoms with Crippen LogP contribution in [0.3, 0.4) is 0 Å². The van der Waals surface area contributed by atoms with Gasteiger partial charge >= 0.3 is 0 Å². The van der Waals surface area contributed by atoms with Crippen molar-refractivity contribution in [2.75, 3.05) is 7.11 Å². The van der Waals surface area contributed by atoms with E-state index in [0.29, 0.717) is 6.54 Å². The molecule has 0 bridgehead atoms. The normalized spacial score (nSPS) is 11.2. The number of fused-ring (bicyclic) bond motifs is 3. The summed E-state index contributed by atoms with van der Waals surface area (Å²) in [4.78, 5) is 4.34. The highest BCUT2D eigenvalue weighted by atomic mass is 16.5. The number of imidazole rings is 1. The predicted molar refractivity (Wildman–Crippen MR) is 67.1 cm³/mol. The summed E-state index contributed by atoms with van der Waals surface area (Å²) in [5, 5.41) is 1.12. The summed E-state index contributed by atoms with van der Waals surface area (Å²) in [6.07, 6.45) is 1.81. The van der Waals surface area contributed by atoms with Gasteiger partial charge in [-0.2, -0.15) is 0 Å². The van der Waals surface area contributed by atoms with Gasteiger partial charge in [-0.25, -0.2) is 4.98 Å². The first-order valence-corrected chi connectivity index (χ1v) is 5.47. The van der Waals surface area contributed by atoms with Crippen LogP contribution in [0.2, 0.25) is 0 Å². The molecule has 0 atom stereocenters. The Hall–Kier alpha value is -2.07. The Morgan fingerprint density at radius 2 is 2.18 bits per heavy atom. The zero-order chi connectivity index (χ0) is 11.8. The van der Waals surface area contributed by atoms with E-state index in [1.54, 1.807) is 13.3 Å². The molecule has 2 aromatic heterocycles. The molecule has 4 heteroatoms. The topological polar surface area (TPSA) is 52.5 Å². The summed E-state index contributed by atoms with van der Waals surface area (Å²) in [6.45, 7) is 0.457. The molecule has 1 aromatic carbocycles. The summed E-state index contributed by atoms with van der Waals surface area (Å²) >= 11 is 0. The first kappa shape index (κ1) is 10.1. The van der Waals surface area contributed by atoms with Crippen molar-refractivity contribution in [3.05, 3.63) is 42.2 Å². The Morgan fingerprint density at radius 3 is 2.94 bits per heavy atom. The molecule has 0 radical (unpaired) electrons. The number of hydrogen-bond donors (Lipinski definition) is 1. The number of para-hydroxylation sites is 1. The molecule has 2 N–H and O–H groups in total. The van der Waals surface area contributed by atoms with Crippen LogP contribution in [0.25, 0.3) is 16.6 Å². The van der Waals surface area contributed by atoms with Crippen LogP contribution in [0.4, 0.5) is 0 Å². The van der Waals surface area contributed by atoms with Gasteiger partial charge in [0.05, 0.1) is 24.5 Å². The van der Waals surface area contributed by atoms with Gasteiger partial charge in [0.15, 0.2) is 0 Å². The van der Waals surface area contributed by atoms with E-state index < -0.39 is 0 Å². The van der Waals surface area contributed by atoms with Crippen molar-refractivity contribution in [1.29, 1.82) is 0 Å². The fourth-order valence-corrected chi connectivity index (χ4v) is 2.17. The minimum atomic E-state index is 0.457. The van der Waals surface area contributed by atoms with Crippen LogP contribution in [-0.2, 0) is 6.54 Å². The fourth-order valence-electron chi connectivity index (χ4n) is 2.17. The van der Waals surface area contributed by atoms with Crippen molar-refractivity contribution in [2.24, 2.45) is 5.73 Å². The maximum Gasteiger partial charge on any atom is 0.143 e. The molecular formula is C13H13N3O. The Kier molecular flexibility index (Phi) is 2.23. The van der Waals surface area contributed by atoms with Gasteiger partial charge in [0.25, 0.3) is 0 Å². The van der Waals surface area contributed by atoms with Gasteiger partial charge in [0.1, 0.15) is 11.4 Å². The van der Waals surface area contributed by atoms with Crippen LogP contribution in [0.1, 0.15) is 5.69 Å². The van der Waals surface area contributed by atoms with E-state index in [0.717, 1.165) is 28.0 Å². The number of aromatic nitrogens is 2. The maximum atomic E-state index is 5.74. The average Bonchev–Trinajstić information content (AvgIpc) is 2.81. The lowest BCUT2D eigenvalue weighted by molar-refractivity contribution is 0.418. The second-order valence-corrected chi connectivity index (χ2v) is 3.88. The number of ether oxygens (including phenoxy) is 1. The molecule has 0 aliphatic rings. The standard InChI is InChI=1S/C13H13N3O/c1-17-11-4-2-3-9-5-6-12-15-8-10(7-14)16(12)13(9)11/h2-6,8H,7,14H2,1H3. The molecule has 3 aromatic rings. The van der Waals surface area contributed by atoms with Crippen molar-refractivity contribution in [3.63, 3.8) is 0 Å². The Morgan fingerprint density at radius 1 is 1.29 bits per heavy atom. The SMILES string of the molecule is COc1cccc2ccc3ncc(CN)n3c12. The van der Waals surface area contributed by atoms with Crippen LogP contribution < -0.4 is 10.5 Å². The van der Waals surface area contributed by atoms with Gasteiger partial charge in [-0.3, -0.25) is 4.40 Å². The highest BCUT2D eigenvalue weighted by Crippen LogP contribution is 2.27. The van der Waals surface area contributed by atoms with Crippen LogP contribution in [0.15, 0.2) is 36.5 Å². The fraction of sp³-hybridized carbons (Fsp3) is 0.154. The highest BCUT2D eigenvalue weighted by Gasteiger charge is 2.09. The second kappa shape index (κ2) is 3.75. The summed E-state index contributed by atoms with van der Waals surface area (Å²) in [5.41, 5.74) is 8.63. The van der Waals surface area contributed by atoms with Gasteiger partial charge in [0.2, 0.25) is 0 Å². The molecule has 17 heavy (non-hydrogen) atoms. The van der Waals surface area contributed by atoms with Crippen LogP contribution in [-0.4, -0.2) is 16.5 Å². The van der Waals surface area contributed by atoms with Crippen molar-refractivity contribution in [2.45, 2.75) is 6.54 Å². The average molecular weight is 227 g/mol. The largest absolute Gasteiger partial charge is 0.495 e. The molecule has 2 heterocycles. The number of hydrogen-bond acceptors (Lipinski definition) is 3. The third kappa shape index (κ3) is 1.38. The van der Waals surface area contributed by atoms with Crippen LogP contribution in [0.5, 0.6) is 5.75 Å². The van der Waals surface area contributed by atoms with E-state index >= 15 is 0 Å². The summed E-state index contributed by atoms with van der Waals surface area (Å²) in [6, 6.07) is 10.0. The molecule has 0 unspecified atom stereocenters. The molecule has 0 spiro atoms. The number of pyridine rings is 1. The minimum Gasteiger partial charge on any atom is -0.495 e. The third-order valence-corrected chi connectivity index (χ3v) is 2.96. The summed E-state index contributed by atoms with van der Waals surface area (Å²) in [7, 11) is 1.67. The highest BCUT2D eigenvalue weighted by molar-refractivity contribution is 5.87. The Labute approximate surface area is 98.6 Å². The lowest BCUT2D eigenvalue weighted by Gasteiger charge is -2.09. The molecular weight excluding hydrogens is 214 g/mol. The molecule has 0 saturated heterocycles. The molecule has 0 amide bonds. The van der Waals surface area contributed by atoms with Crippen molar-refractivity contribution in [3.8, 4) is 5.75 Å². The zero-order valence-electron chi connectivity index (χ0n) is 9.55. The first-order chi connectivity index (χ1) is 8.35. The molecule has 4 nitrogen and oxygen atoms in total. The number of nitrogens with two attached hydrogens (primary N) is 1. The smallest absolute Gasteiger partial charge is 0.143 e. The Balaban J connectivity index is 2.55. The van der Waals surface area contributed by atoms with Crippen molar-refractivity contribution in [1.82, 2.24) is 9.38 Å². The van der Waals surface area contributed by atoms with Crippen LogP contribution in [0, 0.1) is 0 Å². The number of methoxy groups -OCH3 is 1. The second-order valence-electron chi connectivity index (χ2n) is 3.88. The lowest BCUT2D eigenvalue weighted by Crippen LogP contribution is -2.02. The first-order valence-electron chi connectivity index (χ1n) is 5.47. The molecule has 0 aliphatic heterocycles. The molecule has 0 aliphatic carbocycles. The number of rotatable bonds is 2. The summed E-state index contributed by atoms with van der Waals surface area (Å²) < 4.78 is 7.46. The van der Waals surface area contributed by atoms with E-state index in [9.17, 15) is 0 Å². The molecule has 3 rings (SSSR count). The van der Waals surface area contributed by atoms with Gasteiger partial charge in [-0.15, -0.1) is 0 Å². The molecule has 0 saturated carbocycles. The molecule has 86 valence electrons. The Bertz CT molecular complexity index is 688. The van der Waals surface area contributed by atoms with Crippen molar-refractivity contribution < 1.29 is 4.74 Å². The number of nitrogens with zero attached hydrogens (tertiary/aromatic N) is 2. The van der Waals surface area contributed by atoms with Gasteiger partial charge in [-0.05, 0) is 18.2 Å². The zero-order valence-corrected chi connectivity index (χ0v) is 9.55. The predicted octanol–water partition coefficient (Wildman–Crippen LogP) is 1.95. The van der Waals surface area contributed by atoms with Crippen molar-refractivity contribution >= 4 is 16.6 Å². The van der Waals surface area contributed by atoms with E-state index in [4.69, 9.17) is 10.5 Å². The van der Waals surface area contributed by atoms with E-state index in [1.165, 1.54) is 0 Å². The van der Waals surface area contributed by atoms with E-state index in [2.05, 4.69) is 11.1 Å². The maximum absolute atomic E-state index is 5.74. The summed E-state index contributed by atoms with van der Waals surface area (Å²) in [5.74, 6) is 0.834. The monoisotopic (exact) mass is 227 g/mol. The van der Waals surface area contributed by atoms with Gasteiger partial charge in [0, 0.05) is 11.9 Å². The van der Waals surface area contributed by atoms with Gasteiger partial charge in [-0.1, -0.05) is 12.1 Å². The van der Waals surface area contributed by atoms with E-state index in [1.807, 2.05) is 28.7 Å². The number of benzene rings is 1.